The zero-order valence-corrected chi connectivity index (χ0v) is 11.3. The number of aromatic nitrogens is 1. The maximum atomic E-state index is 12.0. The summed E-state index contributed by atoms with van der Waals surface area (Å²) in [6.07, 6.45) is 0. The number of rotatable bonds is 3. The molecule has 2 aromatic rings. The molecule has 3 nitrogen and oxygen atoms in total. The van der Waals surface area contributed by atoms with E-state index >= 15 is 0 Å². The molecule has 0 aliphatic carbocycles. The van der Waals surface area contributed by atoms with Gasteiger partial charge < -0.3 is 9.72 Å². The fourth-order valence-electron chi connectivity index (χ4n) is 2.17. The van der Waals surface area contributed by atoms with Crippen LogP contribution in [0.15, 0.2) is 18.2 Å². The average molecular weight is 245 g/mol. The minimum atomic E-state index is -0.248. The minimum absolute atomic E-state index is 0.248. The number of aryl methyl sites for hydroxylation is 1. The predicted molar refractivity (Wildman–Crippen MR) is 73.1 cm³/mol. The Morgan fingerprint density at radius 3 is 2.72 bits per heavy atom. The second kappa shape index (κ2) is 4.84. The highest BCUT2D eigenvalue weighted by Gasteiger charge is 2.17. The van der Waals surface area contributed by atoms with Crippen LogP contribution in [0.4, 0.5) is 0 Å². The standard InChI is InChI=1S/C15H19NO2/c1-5-18-15(17)14-10(4)16-13-7-6-11(9(2)3)8-12(13)14/h6-9,16H,5H2,1-4H3. The molecular weight excluding hydrogens is 226 g/mol. The summed E-state index contributed by atoms with van der Waals surface area (Å²) in [5, 5.41) is 0.956. The first-order valence-electron chi connectivity index (χ1n) is 6.34. The third-order valence-electron chi connectivity index (χ3n) is 3.16. The summed E-state index contributed by atoms with van der Waals surface area (Å²) in [5.41, 5.74) is 3.74. The van der Waals surface area contributed by atoms with Crippen LogP contribution in [-0.4, -0.2) is 17.6 Å². The Hall–Kier alpha value is -1.77. The molecule has 0 saturated heterocycles. The molecule has 96 valence electrons. The van der Waals surface area contributed by atoms with E-state index in [1.165, 1.54) is 5.56 Å². The number of H-pyrrole nitrogens is 1. The molecule has 3 heteroatoms. The number of hydrogen-bond donors (Lipinski definition) is 1. The molecule has 0 spiro atoms. The molecule has 0 unspecified atom stereocenters. The summed E-state index contributed by atoms with van der Waals surface area (Å²) in [5.74, 6) is 0.196. The van der Waals surface area contributed by atoms with Gasteiger partial charge in [-0.05, 0) is 37.5 Å². The Bertz CT molecular complexity index is 581. The molecule has 0 radical (unpaired) electrons. The molecule has 2 rings (SSSR count). The highest BCUT2D eigenvalue weighted by Crippen LogP contribution is 2.26. The van der Waals surface area contributed by atoms with E-state index in [0.29, 0.717) is 18.1 Å². The van der Waals surface area contributed by atoms with Crippen LogP contribution in [0.1, 0.15) is 48.3 Å². The van der Waals surface area contributed by atoms with E-state index in [0.717, 1.165) is 16.6 Å². The number of carbonyl (C=O) groups excluding carboxylic acids is 1. The van der Waals surface area contributed by atoms with Gasteiger partial charge in [0.1, 0.15) is 0 Å². The molecule has 18 heavy (non-hydrogen) atoms. The topological polar surface area (TPSA) is 42.1 Å². The van der Waals surface area contributed by atoms with E-state index < -0.39 is 0 Å². The Morgan fingerprint density at radius 2 is 2.11 bits per heavy atom. The number of hydrogen-bond acceptors (Lipinski definition) is 2. The molecule has 1 heterocycles. The van der Waals surface area contributed by atoms with Crippen LogP contribution in [0.5, 0.6) is 0 Å². The summed E-state index contributed by atoms with van der Waals surface area (Å²) in [4.78, 5) is 15.2. The van der Waals surface area contributed by atoms with Crippen molar-refractivity contribution in [2.75, 3.05) is 6.61 Å². The summed E-state index contributed by atoms with van der Waals surface area (Å²) in [6, 6.07) is 6.20. The lowest BCUT2D eigenvalue weighted by atomic mass is 10.00. The highest BCUT2D eigenvalue weighted by molar-refractivity contribution is 6.05. The smallest absolute Gasteiger partial charge is 0.340 e. The molecule has 1 aromatic heterocycles. The predicted octanol–water partition coefficient (Wildman–Crippen LogP) is 3.78. The van der Waals surface area contributed by atoms with Gasteiger partial charge in [-0.3, -0.25) is 0 Å². The SMILES string of the molecule is CCOC(=O)c1c(C)[nH]c2ccc(C(C)C)cc12. The first kappa shape index (κ1) is 12.7. The Balaban J connectivity index is 2.60. The van der Waals surface area contributed by atoms with Crippen molar-refractivity contribution in [2.24, 2.45) is 0 Å². The number of benzene rings is 1. The second-order valence-electron chi connectivity index (χ2n) is 4.81. The van der Waals surface area contributed by atoms with Gasteiger partial charge in [0.2, 0.25) is 0 Å². The molecule has 0 saturated carbocycles. The number of carbonyl (C=O) groups is 1. The van der Waals surface area contributed by atoms with Crippen molar-refractivity contribution in [2.45, 2.75) is 33.6 Å². The number of fused-ring (bicyclic) bond motifs is 1. The van der Waals surface area contributed by atoms with Gasteiger partial charge in [-0.2, -0.15) is 0 Å². The fraction of sp³-hybridized carbons (Fsp3) is 0.400. The lowest BCUT2D eigenvalue weighted by Gasteiger charge is -2.06. The molecule has 0 aliphatic heterocycles. The Kier molecular flexibility index (Phi) is 3.41. The van der Waals surface area contributed by atoms with Crippen molar-refractivity contribution in [1.82, 2.24) is 4.98 Å². The lowest BCUT2D eigenvalue weighted by molar-refractivity contribution is 0.0528. The zero-order valence-electron chi connectivity index (χ0n) is 11.3. The Labute approximate surface area is 107 Å². The van der Waals surface area contributed by atoms with Crippen LogP contribution in [0.25, 0.3) is 10.9 Å². The van der Waals surface area contributed by atoms with Crippen molar-refractivity contribution in [3.63, 3.8) is 0 Å². The maximum Gasteiger partial charge on any atom is 0.340 e. The minimum Gasteiger partial charge on any atom is -0.462 e. The van der Waals surface area contributed by atoms with Gasteiger partial charge in [-0.15, -0.1) is 0 Å². The van der Waals surface area contributed by atoms with Crippen LogP contribution in [0.3, 0.4) is 0 Å². The number of ether oxygens (including phenoxy) is 1. The summed E-state index contributed by atoms with van der Waals surface area (Å²) in [6.45, 7) is 8.41. The zero-order chi connectivity index (χ0) is 13.3. The van der Waals surface area contributed by atoms with Gasteiger partial charge in [0, 0.05) is 16.6 Å². The van der Waals surface area contributed by atoms with E-state index in [4.69, 9.17) is 4.74 Å². The molecule has 0 atom stereocenters. The van der Waals surface area contributed by atoms with Crippen molar-refractivity contribution in [3.8, 4) is 0 Å². The molecule has 0 bridgehead atoms. The quantitative estimate of drug-likeness (QED) is 0.836. The van der Waals surface area contributed by atoms with E-state index in [1.807, 2.05) is 19.9 Å². The molecule has 0 amide bonds. The first-order chi connectivity index (χ1) is 8.54. The lowest BCUT2D eigenvalue weighted by Crippen LogP contribution is -2.05. The van der Waals surface area contributed by atoms with E-state index in [1.54, 1.807) is 0 Å². The van der Waals surface area contributed by atoms with Crippen molar-refractivity contribution >= 4 is 16.9 Å². The average Bonchev–Trinajstić information content (AvgIpc) is 2.63. The summed E-state index contributed by atoms with van der Waals surface area (Å²) >= 11 is 0. The molecule has 1 aromatic carbocycles. The van der Waals surface area contributed by atoms with Gasteiger partial charge in [-0.1, -0.05) is 19.9 Å². The van der Waals surface area contributed by atoms with Crippen LogP contribution in [0, 0.1) is 6.92 Å². The molecule has 0 fully saturated rings. The fourth-order valence-corrected chi connectivity index (χ4v) is 2.17. The van der Waals surface area contributed by atoms with Crippen LogP contribution in [-0.2, 0) is 4.74 Å². The first-order valence-corrected chi connectivity index (χ1v) is 6.34. The van der Waals surface area contributed by atoms with Gasteiger partial charge >= 0.3 is 5.97 Å². The van der Waals surface area contributed by atoms with Crippen LogP contribution >= 0.6 is 0 Å². The molecule has 0 aliphatic rings. The van der Waals surface area contributed by atoms with Gasteiger partial charge in [-0.25, -0.2) is 4.79 Å². The number of nitrogens with one attached hydrogen (secondary N) is 1. The van der Waals surface area contributed by atoms with E-state index in [9.17, 15) is 4.79 Å². The molecule has 1 N–H and O–H groups in total. The van der Waals surface area contributed by atoms with Crippen LogP contribution < -0.4 is 0 Å². The highest BCUT2D eigenvalue weighted by atomic mass is 16.5. The van der Waals surface area contributed by atoms with Gasteiger partial charge in [0.25, 0.3) is 0 Å². The third-order valence-corrected chi connectivity index (χ3v) is 3.16. The monoisotopic (exact) mass is 245 g/mol. The molecular formula is C15H19NO2. The van der Waals surface area contributed by atoms with E-state index in [-0.39, 0.29) is 5.97 Å². The largest absolute Gasteiger partial charge is 0.462 e. The summed E-state index contributed by atoms with van der Waals surface area (Å²) in [7, 11) is 0. The maximum absolute atomic E-state index is 12.0. The number of esters is 1. The second-order valence-corrected chi connectivity index (χ2v) is 4.81. The van der Waals surface area contributed by atoms with Crippen molar-refractivity contribution < 1.29 is 9.53 Å². The normalized spacial score (nSPS) is 11.2. The summed E-state index contributed by atoms with van der Waals surface area (Å²) < 4.78 is 5.12. The third kappa shape index (κ3) is 2.13. The number of aromatic amines is 1. The van der Waals surface area contributed by atoms with Crippen molar-refractivity contribution in [1.29, 1.82) is 0 Å². The van der Waals surface area contributed by atoms with E-state index in [2.05, 4.69) is 31.0 Å². The Morgan fingerprint density at radius 1 is 1.39 bits per heavy atom. The van der Waals surface area contributed by atoms with Gasteiger partial charge in [0.05, 0.1) is 12.2 Å². The van der Waals surface area contributed by atoms with Gasteiger partial charge in [0.15, 0.2) is 0 Å². The van der Waals surface area contributed by atoms with Crippen LogP contribution in [0.2, 0.25) is 0 Å². The van der Waals surface area contributed by atoms with Crippen molar-refractivity contribution in [3.05, 3.63) is 35.0 Å².